The van der Waals surface area contributed by atoms with Gasteiger partial charge in [-0.2, -0.15) is 15.0 Å². The van der Waals surface area contributed by atoms with E-state index in [0.717, 1.165) is 38.2 Å². The number of halogens is 1. The maximum absolute atomic E-state index is 13.3. The van der Waals surface area contributed by atoms with Gasteiger partial charge in [0.1, 0.15) is 5.82 Å². The first kappa shape index (κ1) is 21.7. The number of anilines is 4. The molecule has 4 rings (SSSR count). The first-order valence-electron chi connectivity index (χ1n) is 11.7. The summed E-state index contributed by atoms with van der Waals surface area (Å²) in [5, 5.41) is 10.2. The minimum atomic E-state index is -0.267. The van der Waals surface area contributed by atoms with Crippen molar-refractivity contribution in [1.29, 1.82) is 0 Å². The Balaban J connectivity index is 1.49. The highest BCUT2D eigenvalue weighted by molar-refractivity contribution is 5.55. The van der Waals surface area contributed by atoms with Crippen molar-refractivity contribution in [3.63, 3.8) is 0 Å². The fraction of sp³-hybridized carbons (Fsp3) is 0.609. The fourth-order valence-corrected chi connectivity index (χ4v) is 4.60. The highest BCUT2D eigenvalue weighted by atomic mass is 19.1. The van der Waals surface area contributed by atoms with Crippen molar-refractivity contribution in [1.82, 2.24) is 19.9 Å². The molecule has 1 atom stereocenters. The van der Waals surface area contributed by atoms with Crippen LogP contribution in [0.25, 0.3) is 0 Å². The van der Waals surface area contributed by atoms with E-state index >= 15 is 0 Å². The van der Waals surface area contributed by atoms with E-state index in [9.17, 15) is 4.39 Å². The highest BCUT2D eigenvalue weighted by Gasteiger charge is 2.23. The first-order valence-corrected chi connectivity index (χ1v) is 11.7. The summed E-state index contributed by atoms with van der Waals surface area (Å²) in [6.45, 7) is 5.25. The van der Waals surface area contributed by atoms with Crippen LogP contribution in [0.2, 0.25) is 0 Å². The summed E-state index contributed by atoms with van der Waals surface area (Å²) < 4.78 is 13.3. The maximum atomic E-state index is 13.3. The summed E-state index contributed by atoms with van der Waals surface area (Å²) in [5.41, 5.74) is 0.743. The molecule has 0 amide bonds. The molecular weight excluding hydrogens is 393 g/mol. The van der Waals surface area contributed by atoms with Crippen molar-refractivity contribution in [2.24, 2.45) is 0 Å². The van der Waals surface area contributed by atoms with Gasteiger partial charge in [0.25, 0.3) is 0 Å². The molecule has 1 unspecified atom stereocenters. The van der Waals surface area contributed by atoms with Crippen LogP contribution in [-0.4, -0.2) is 51.6 Å². The van der Waals surface area contributed by atoms with Gasteiger partial charge < -0.3 is 16.0 Å². The molecule has 3 N–H and O–H groups in total. The zero-order chi connectivity index (χ0) is 21.5. The zero-order valence-electron chi connectivity index (χ0n) is 18.4. The Morgan fingerprint density at radius 2 is 1.61 bits per heavy atom. The van der Waals surface area contributed by atoms with Crippen molar-refractivity contribution in [3.05, 3.63) is 30.1 Å². The van der Waals surface area contributed by atoms with E-state index < -0.39 is 0 Å². The molecule has 0 radical (unpaired) electrons. The summed E-state index contributed by atoms with van der Waals surface area (Å²) >= 11 is 0. The van der Waals surface area contributed by atoms with E-state index in [4.69, 9.17) is 0 Å². The Kier molecular flexibility index (Phi) is 7.51. The van der Waals surface area contributed by atoms with E-state index in [1.54, 1.807) is 12.1 Å². The van der Waals surface area contributed by atoms with Crippen LogP contribution in [-0.2, 0) is 0 Å². The van der Waals surface area contributed by atoms with E-state index in [1.807, 2.05) is 0 Å². The Morgan fingerprint density at radius 1 is 0.903 bits per heavy atom. The van der Waals surface area contributed by atoms with Crippen LogP contribution in [0.1, 0.15) is 58.3 Å². The lowest BCUT2D eigenvalue weighted by atomic mass is 10.1. The minimum Gasteiger partial charge on any atom is -0.352 e. The molecule has 31 heavy (non-hydrogen) atoms. The predicted molar refractivity (Wildman–Crippen MR) is 123 cm³/mol. The summed E-state index contributed by atoms with van der Waals surface area (Å²) in [4.78, 5) is 16.3. The number of benzene rings is 1. The fourth-order valence-electron chi connectivity index (χ4n) is 4.60. The van der Waals surface area contributed by atoms with Crippen LogP contribution < -0.4 is 16.0 Å². The van der Waals surface area contributed by atoms with Crippen molar-refractivity contribution in [2.45, 2.75) is 70.4 Å². The van der Waals surface area contributed by atoms with Gasteiger partial charge in [0.05, 0.1) is 0 Å². The molecule has 1 saturated heterocycles. The SMILES string of the molecule is CCN1CCCC1CNc1nc(Nc2ccc(F)cc2)nc(NC2CCCCCC2)n1. The lowest BCUT2D eigenvalue weighted by molar-refractivity contribution is 0.277. The molecule has 1 aromatic heterocycles. The molecule has 0 spiro atoms. The van der Waals surface area contributed by atoms with Crippen LogP contribution in [0.15, 0.2) is 24.3 Å². The predicted octanol–water partition coefficient (Wildman–Crippen LogP) is 4.79. The molecule has 1 aliphatic heterocycles. The topological polar surface area (TPSA) is 78.0 Å². The molecule has 2 aliphatic rings. The van der Waals surface area contributed by atoms with E-state index in [2.05, 4.69) is 42.7 Å². The lowest BCUT2D eigenvalue weighted by Gasteiger charge is -2.23. The standard InChI is InChI=1S/C23H34FN7/c1-2-31-15-7-10-20(31)16-25-21-28-22(26-18-8-5-3-4-6-9-18)30-23(29-21)27-19-13-11-17(24)12-14-19/h11-14,18,20H,2-10,15-16H2,1H3,(H3,25,26,27,28,29,30). The Bertz CT molecular complexity index is 821. The molecule has 0 bridgehead atoms. The monoisotopic (exact) mass is 427 g/mol. The quantitative estimate of drug-likeness (QED) is 0.523. The summed E-state index contributed by atoms with van der Waals surface area (Å²) in [6, 6.07) is 7.11. The molecule has 1 saturated carbocycles. The molecule has 2 aromatic rings. The van der Waals surface area contributed by atoms with Crippen molar-refractivity contribution in [2.75, 3.05) is 35.6 Å². The highest BCUT2D eigenvalue weighted by Crippen LogP contribution is 2.22. The zero-order valence-corrected chi connectivity index (χ0v) is 18.4. The van der Waals surface area contributed by atoms with Crippen molar-refractivity contribution < 1.29 is 4.39 Å². The van der Waals surface area contributed by atoms with Crippen LogP contribution in [0.4, 0.5) is 27.9 Å². The smallest absolute Gasteiger partial charge is 0.233 e. The largest absolute Gasteiger partial charge is 0.352 e. The van der Waals surface area contributed by atoms with Crippen molar-refractivity contribution in [3.8, 4) is 0 Å². The Hall–Kier alpha value is -2.48. The molecule has 1 aliphatic carbocycles. The van der Waals surface area contributed by atoms with Gasteiger partial charge >= 0.3 is 0 Å². The third-order valence-corrected chi connectivity index (χ3v) is 6.33. The summed E-state index contributed by atoms with van der Waals surface area (Å²) in [6.07, 6.45) is 9.80. The Morgan fingerprint density at radius 3 is 2.35 bits per heavy atom. The van der Waals surface area contributed by atoms with Gasteiger partial charge in [-0.1, -0.05) is 32.6 Å². The number of likely N-dealkylation sites (tertiary alicyclic amines) is 1. The van der Waals surface area contributed by atoms with Crippen LogP contribution in [0.3, 0.4) is 0 Å². The summed E-state index contributed by atoms with van der Waals surface area (Å²) in [7, 11) is 0. The van der Waals surface area contributed by atoms with Crippen LogP contribution in [0, 0.1) is 5.82 Å². The van der Waals surface area contributed by atoms with E-state index in [-0.39, 0.29) is 5.82 Å². The third-order valence-electron chi connectivity index (χ3n) is 6.33. The number of hydrogen-bond donors (Lipinski definition) is 3. The second-order valence-electron chi connectivity index (χ2n) is 8.58. The van der Waals surface area contributed by atoms with E-state index in [0.29, 0.717) is 29.9 Å². The second-order valence-corrected chi connectivity index (χ2v) is 8.58. The van der Waals surface area contributed by atoms with Gasteiger partial charge in [-0.05, 0) is 63.0 Å². The molecule has 2 fully saturated rings. The molecule has 168 valence electrons. The van der Waals surface area contributed by atoms with Gasteiger partial charge in [-0.25, -0.2) is 4.39 Å². The van der Waals surface area contributed by atoms with Crippen LogP contribution in [0.5, 0.6) is 0 Å². The molecular formula is C23H34FN7. The van der Waals surface area contributed by atoms with Gasteiger partial charge in [-0.3, -0.25) is 4.90 Å². The average Bonchev–Trinajstić information content (AvgIpc) is 3.08. The third kappa shape index (κ3) is 6.26. The molecule has 2 heterocycles. The number of likely N-dealkylation sites (N-methyl/N-ethyl adjacent to an activating group) is 1. The molecule has 7 nitrogen and oxygen atoms in total. The number of rotatable bonds is 8. The number of nitrogens with zero attached hydrogens (tertiary/aromatic N) is 4. The minimum absolute atomic E-state index is 0.267. The van der Waals surface area contributed by atoms with Gasteiger partial charge in [0, 0.05) is 24.3 Å². The van der Waals surface area contributed by atoms with Crippen LogP contribution >= 0.6 is 0 Å². The normalized spacial score (nSPS) is 20.4. The van der Waals surface area contributed by atoms with Gasteiger partial charge in [-0.15, -0.1) is 0 Å². The summed E-state index contributed by atoms with van der Waals surface area (Å²) in [5.74, 6) is 1.35. The first-order chi connectivity index (χ1) is 15.2. The van der Waals surface area contributed by atoms with Gasteiger partial charge in [0.15, 0.2) is 0 Å². The van der Waals surface area contributed by atoms with Crippen molar-refractivity contribution >= 4 is 23.5 Å². The van der Waals surface area contributed by atoms with E-state index in [1.165, 1.54) is 50.7 Å². The molecule has 1 aromatic carbocycles. The lowest BCUT2D eigenvalue weighted by Crippen LogP contribution is -2.35. The Labute approximate surface area is 184 Å². The number of nitrogens with one attached hydrogen (secondary N) is 3. The average molecular weight is 428 g/mol. The number of hydrogen-bond acceptors (Lipinski definition) is 7. The second kappa shape index (κ2) is 10.7. The maximum Gasteiger partial charge on any atom is 0.233 e. The van der Waals surface area contributed by atoms with Gasteiger partial charge in [0.2, 0.25) is 17.8 Å². The number of aromatic nitrogens is 3. The molecule has 8 heteroatoms.